The van der Waals surface area contributed by atoms with Crippen molar-refractivity contribution in [2.24, 2.45) is 5.84 Å². The first-order valence-corrected chi connectivity index (χ1v) is 5.00. The van der Waals surface area contributed by atoms with E-state index < -0.39 is 4.92 Å². The number of hydrazine groups is 1. The zero-order valence-corrected chi connectivity index (χ0v) is 9.67. The van der Waals surface area contributed by atoms with Crippen LogP contribution in [0.2, 0.25) is 0 Å². The van der Waals surface area contributed by atoms with Gasteiger partial charge >= 0.3 is 5.97 Å². The highest BCUT2D eigenvalue weighted by atomic mass is 16.6. The van der Waals surface area contributed by atoms with Crippen LogP contribution >= 0.6 is 0 Å². The molecule has 0 aliphatic carbocycles. The van der Waals surface area contributed by atoms with E-state index in [0.717, 1.165) is 0 Å². The van der Waals surface area contributed by atoms with Gasteiger partial charge in [0.05, 0.1) is 30.6 Å². The Hall–Kier alpha value is -2.42. The van der Waals surface area contributed by atoms with Crippen molar-refractivity contribution in [3.05, 3.63) is 22.2 Å². The van der Waals surface area contributed by atoms with E-state index in [1.165, 1.54) is 19.2 Å². The van der Waals surface area contributed by atoms with E-state index in [2.05, 4.69) is 20.5 Å². The maximum atomic E-state index is 10.9. The Kier molecular flexibility index (Phi) is 4.81. The number of carbonyl (C=O) groups is 1. The smallest absolute Gasteiger partial charge is 0.307 e. The van der Waals surface area contributed by atoms with E-state index in [1.807, 2.05) is 0 Å². The molecule has 18 heavy (non-hydrogen) atoms. The standard InChI is InChI=1S/C9H13N5O4/c1-18-9(15)2-3-11-7-4-6(14(16)17)5-8(12-7)13-10/h4-5H,2-3,10H2,1H3,(H2,11,12,13). The van der Waals surface area contributed by atoms with Gasteiger partial charge in [-0.2, -0.15) is 0 Å². The van der Waals surface area contributed by atoms with Crippen molar-refractivity contribution < 1.29 is 14.5 Å². The third-order valence-electron chi connectivity index (χ3n) is 2.03. The van der Waals surface area contributed by atoms with Crippen molar-refractivity contribution in [2.75, 3.05) is 24.4 Å². The maximum absolute atomic E-state index is 10.9. The Morgan fingerprint density at radius 1 is 1.56 bits per heavy atom. The first-order chi connectivity index (χ1) is 8.56. The van der Waals surface area contributed by atoms with E-state index in [4.69, 9.17) is 5.84 Å². The van der Waals surface area contributed by atoms with Crippen molar-refractivity contribution >= 4 is 23.3 Å². The predicted molar refractivity (Wildman–Crippen MR) is 63.8 cm³/mol. The summed E-state index contributed by atoms with van der Waals surface area (Å²) in [5, 5.41) is 13.4. The number of nitrogen functional groups attached to an aromatic ring is 1. The van der Waals surface area contributed by atoms with Crippen molar-refractivity contribution in [2.45, 2.75) is 6.42 Å². The van der Waals surface area contributed by atoms with Gasteiger partial charge in [-0.3, -0.25) is 14.9 Å². The molecule has 1 aromatic heterocycles. The van der Waals surface area contributed by atoms with Gasteiger partial charge < -0.3 is 15.5 Å². The second-order valence-electron chi connectivity index (χ2n) is 3.25. The summed E-state index contributed by atoms with van der Waals surface area (Å²) < 4.78 is 4.46. The fourth-order valence-electron chi connectivity index (χ4n) is 1.18. The highest BCUT2D eigenvalue weighted by Crippen LogP contribution is 2.19. The predicted octanol–water partition coefficient (Wildman–Crippen LogP) is 0.250. The largest absolute Gasteiger partial charge is 0.469 e. The second-order valence-corrected chi connectivity index (χ2v) is 3.25. The number of nitrogens with zero attached hydrogens (tertiary/aromatic N) is 2. The van der Waals surface area contributed by atoms with Crippen LogP contribution in [-0.2, 0) is 9.53 Å². The van der Waals surface area contributed by atoms with Crippen molar-refractivity contribution in [1.29, 1.82) is 0 Å². The number of nitrogens with one attached hydrogen (secondary N) is 2. The average molecular weight is 255 g/mol. The first kappa shape index (κ1) is 13.6. The molecule has 0 aliphatic heterocycles. The number of aromatic nitrogens is 1. The van der Waals surface area contributed by atoms with Crippen molar-refractivity contribution in [3.63, 3.8) is 0 Å². The molecule has 0 atom stereocenters. The lowest BCUT2D eigenvalue weighted by molar-refractivity contribution is -0.384. The van der Waals surface area contributed by atoms with Crippen molar-refractivity contribution in [1.82, 2.24) is 4.98 Å². The van der Waals surface area contributed by atoms with Gasteiger partial charge in [0.25, 0.3) is 5.69 Å². The Bertz CT molecular complexity index is 451. The minimum absolute atomic E-state index is 0.131. The molecule has 4 N–H and O–H groups in total. The first-order valence-electron chi connectivity index (χ1n) is 5.00. The van der Waals surface area contributed by atoms with Gasteiger partial charge in [-0.15, -0.1) is 0 Å². The van der Waals surface area contributed by atoms with Crippen LogP contribution in [0.15, 0.2) is 12.1 Å². The summed E-state index contributed by atoms with van der Waals surface area (Å²) in [6.07, 6.45) is 0.131. The van der Waals surface area contributed by atoms with Crippen LogP contribution in [0.5, 0.6) is 0 Å². The van der Waals surface area contributed by atoms with E-state index in [-0.39, 0.29) is 36.3 Å². The van der Waals surface area contributed by atoms with Crippen LogP contribution in [0.4, 0.5) is 17.3 Å². The van der Waals surface area contributed by atoms with Gasteiger partial charge in [-0.1, -0.05) is 0 Å². The topological polar surface area (TPSA) is 132 Å². The fraction of sp³-hybridized carbons (Fsp3) is 0.333. The molecule has 0 aliphatic rings. The number of rotatable bonds is 6. The number of methoxy groups -OCH3 is 1. The van der Waals surface area contributed by atoms with E-state index in [9.17, 15) is 14.9 Å². The summed E-state index contributed by atoms with van der Waals surface area (Å²) in [4.78, 5) is 24.9. The number of carbonyl (C=O) groups excluding carboxylic acids is 1. The number of hydrogen-bond acceptors (Lipinski definition) is 8. The van der Waals surface area contributed by atoms with Crippen LogP contribution in [0.3, 0.4) is 0 Å². The summed E-state index contributed by atoms with van der Waals surface area (Å²) in [7, 11) is 1.28. The zero-order chi connectivity index (χ0) is 13.5. The average Bonchev–Trinajstić information content (AvgIpc) is 2.37. The Labute approximate surface area is 102 Å². The molecule has 98 valence electrons. The molecule has 9 heteroatoms. The van der Waals surface area contributed by atoms with Crippen LogP contribution in [-0.4, -0.2) is 29.5 Å². The van der Waals surface area contributed by atoms with Crippen LogP contribution in [0.25, 0.3) is 0 Å². The van der Waals surface area contributed by atoms with Gasteiger partial charge in [0, 0.05) is 6.54 Å². The minimum Gasteiger partial charge on any atom is -0.469 e. The van der Waals surface area contributed by atoms with Gasteiger partial charge in [0.1, 0.15) is 11.6 Å². The molecule has 9 nitrogen and oxygen atoms in total. The number of pyridine rings is 1. The molecule has 0 bridgehead atoms. The third kappa shape index (κ3) is 3.87. The Morgan fingerprint density at radius 2 is 2.22 bits per heavy atom. The quantitative estimate of drug-likeness (QED) is 0.285. The minimum atomic E-state index is -0.562. The number of nitrogens with two attached hydrogens (primary N) is 1. The monoisotopic (exact) mass is 255 g/mol. The van der Waals surface area contributed by atoms with Gasteiger partial charge in [-0.25, -0.2) is 10.8 Å². The molecule has 0 amide bonds. The molecule has 0 unspecified atom stereocenters. The second kappa shape index (κ2) is 6.35. The molecular weight excluding hydrogens is 242 g/mol. The normalized spacial score (nSPS) is 9.67. The van der Waals surface area contributed by atoms with Gasteiger partial charge in [-0.05, 0) is 0 Å². The zero-order valence-electron chi connectivity index (χ0n) is 9.67. The molecular formula is C9H13N5O4. The molecule has 1 aromatic rings. The lowest BCUT2D eigenvalue weighted by Crippen LogP contribution is -2.13. The molecule has 0 saturated carbocycles. The number of ether oxygens (including phenoxy) is 1. The van der Waals surface area contributed by atoms with Gasteiger partial charge in [0.2, 0.25) is 0 Å². The molecule has 1 heterocycles. The van der Waals surface area contributed by atoms with E-state index in [0.29, 0.717) is 0 Å². The highest BCUT2D eigenvalue weighted by molar-refractivity contribution is 5.69. The molecule has 0 aromatic carbocycles. The van der Waals surface area contributed by atoms with Crippen LogP contribution in [0, 0.1) is 10.1 Å². The van der Waals surface area contributed by atoms with Crippen LogP contribution < -0.4 is 16.6 Å². The summed E-state index contributed by atoms with van der Waals surface area (Å²) in [5.41, 5.74) is 2.07. The number of anilines is 2. The Morgan fingerprint density at radius 3 is 2.78 bits per heavy atom. The molecule has 1 rings (SSSR count). The Balaban J connectivity index is 2.72. The molecule has 0 fully saturated rings. The maximum Gasteiger partial charge on any atom is 0.307 e. The summed E-state index contributed by atoms with van der Waals surface area (Å²) >= 11 is 0. The highest BCUT2D eigenvalue weighted by Gasteiger charge is 2.10. The fourth-order valence-corrected chi connectivity index (χ4v) is 1.18. The lowest BCUT2D eigenvalue weighted by Gasteiger charge is -2.06. The van der Waals surface area contributed by atoms with E-state index in [1.54, 1.807) is 0 Å². The number of esters is 1. The van der Waals surface area contributed by atoms with Crippen LogP contribution in [0.1, 0.15) is 6.42 Å². The van der Waals surface area contributed by atoms with E-state index >= 15 is 0 Å². The third-order valence-corrected chi connectivity index (χ3v) is 2.03. The number of hydrogen-bond donors (Lipinski definition) is 3. The lowest BCUT2D eigenvalue weighted by atomic mass is 10.3. The van der Waals surface area contributed by atoms with Crippen molar-refractivity contribution in [3.8, 4) is 0 Å². The number of nitro groups is 1. The SMILES string of the molecule is COC(=O)CCNc1cc([N+](=O)[O-])cc(NN)n1. The molecule has 0 spiro atoms. The van der Waals surface area contributed by atoms with Gasteiger partial charge in [0.15, 0.2) is 0 Å². The molecule has 0 radical (unpaired) electrons. The summed E-state index contributed by atoms with van der Waals surface area (Å²) in [6.45, 7) is 0.255. The summed E-state index contributed by atoms with van der Waals surface area (Å²) in [6, 6.07) is 2.45. The molecule has 0 saturated heterocycles. The summed E-state index contributed by atoms with van der Waals surface area (Å²) in [5.74, 6) is 5.17.